The minimum atomic E-state index is -0.510. The molecule has 5 rings (SSSR count). The number of hydrogen-bond donors (Lipinski definition) is 4. The lowest BCUT2D eigenvalue weighted by Crippen LogP contribution is -2.51. The molecule has 2 fully saturated rings. The number of aliphatic hydroxyl groups excluding tert-OH is 1. The molecular formula is C22H27N7O4. The molecule has 0 spiro atoms. The van der Waals surface area contributed by atoms with Gasteiger partial charge in [0.15, 0.2) is 5.65 Å². The number of ether oxygens (including phenoxy) is 1. The average Bonchev–Trinajstić information content (AvgIpc) is 3.22. The molecule has 0 unspecified atom stereocenters. The van der Waals surface area contributed by atoms with Gasteiger partial charge in [0.25, 0.3) is 11.5 Å². The molecule has 0 saturated heterocycles. The first-order chi connectivity index (χ1) is 16.0. The van der Waals surface area contributed by atoms with Crippen molar-refractivity contribution in [1.29, 1.82) is 0 Å². The van der Waals surface area contributed by atoms with E-state index in [2.05, 4.69) is 26.0 Å². The van der Waals surface area contributed by atoms with E-state index >= 15 is 0 Å². The molecule has 2 saturated carbocycles. The number of rotatable bonds is 7. The summed E-state index contributed by atoms with van der Waals surface area (Å²) in [5.74, 6) is 0.721. The number of fused-ring (bicyclic) bond motifs is 1. The molecule has 4 atom stereocenters. The normalized spacial score (nSPS) is 24.1. The number of pyridine rings is 1. The smallest absolute Gasteiger partial charge is 0.274 e. The monoisotopic (exact) mass is 453 g/mol. The van der Waals surface area contributed by atoms with Gasteiger partial charge in [0.05, 0.1) is 30.5 Å². The average molecular weight is 454 g/mol. The maximum absolute atomic E-state index is 13.0. The van der Waals surface area contributed by atoms with E-state index in [0.717, 1.165) is 19.3 Å². The molecule has 0 aliphatic heterocycles. The van der Waals surface area contributed by atoms with E-state index in [1.165, 1.54) is 6.20 Å². The van der Waals surface area contributed by atoms with Gasteiger partial charge >= 0.3 is 0 Å². The van der Waals surface area contributed by atoms with Crippen molar-refractivity contribution in [2.75, 3.05) is 24.8 Å². The highest BCUT2D eigenvalue weighted by atomic mass is 16.5. The van der Waals surface area contributed by atoms with Gasteiger partial charge in [0.1, 0.15) is 22.9 Å². The summed E-state index contributed by atoms with van der Waals surface area (Å²) in [4.78, 5) is 30.5. The number of carbonyl (C=O) groups is 1. The van der Waals surface area contributed by atoms with E-state index in [-0.39, 0.29) is 29.7 Å². The number of amides is 1. The maximum Gasteiger partial charge on any atom is 0.274 e. The lowest BCUT2D eigenvalue weighted by Gasteiger charge is -2.35. The van der Waals surface area contributed by atoms with Gasteiger partial charge < -0.3 is 30.4 Å². The number of anilines is 3. The summed E-state index contributed by atoms with van der Waals surface area (Å²) in [5, 5.41) is 23.4. The number of hydrogen-bond acceptors (Lipinski definition) is 8. The largest absolute Gasteiger partial charge is 0.391 e. The van der Waals surface area contributed by atoms with Crippen LogP contribution in [0.25, 0.3) is 5.65 Å². The van der Waals surface area contributed by atoms with Crippen LogP contribution in [0.5, 0.6) is 0 Å². The quantitative estimate of drug-likeness (QED) is 0.420. The summed E-state index contributed by atoms with van der Waals surface area (Å²) < 4.78 is 8.46. The second-order valence-electron chi connectivity index (χ2n) is 8.47. The van der Waals surface area contributed by atoms with Crippen LogP contribution in [0.1, 0.15) is 42.1 Å². The van der Waals surface area contributed by atoms with Crippen molar-refractivity contribution >= 4 is 28.9 Å². The number of nitrogens with one attached hydrogen (secondary N) is 3. The summed E-state index contributed by atoms with van der Waals surface area (Å²) in [6.45, 7) is 0. The van der Waals surface area contributed by atoms with E-state index in [0.29, 0.717) is 35.0 Å². The zero-order valence-corrected chi connectivity index (χ0v) is 18.5. The van der Waals surface area contributed by atoms with Crippen LogP contribution in [0.15, 0.2) is 35.4 Å². The Bertz CT molecular complexity index is 1250. The second-order valence-corrected chi connectivity index (χ2v) is 8.47. The Kier molecular flexibility index (Phi) is 5.51. The van der Waals surface area contributed by atoms with Crippen molar-refractivity contribution < 1.29 is 14.6 Å². The fourth-order valence-corrected chi connectivity index (χ4v) is 4.32. The van der Waals surface area contributed by atoms with Crippen molar-refractivity contribution in [2.24, 2.45) is 0 Å². The van der Waals surface area contributed by atoms with Gasteiger partial charge in [-0.05, 0) is 37.8 Å². The summed E-state index contributed by atoms with van der Waals surface area (Å²) in [5.41, 5.74) is 0.787. The minimum absolute atomic E-state index is 0.0169. The number of aromatic nitrogens is 4. The predicted octanol–water partition coefficient (Wildman–Crippen LogP) is 1.28. The van der Waals surface area contributed by atoms with Crippen LogP contribution in [0.3, 0.4) is 0 Å². The summed E-state index contributed by atoms with van der Waals surface area (Å²) in [7, 11) is 3.38. The van der Waals surface area contributed by atoms with Crippen LogP contribution in [0, 0.1) is 0 Å². The van der Waals surface area contributed by atoms with E-state index in [9.17, 15) is 14.7 Å². The molecule has 3 aromatic heterocycles. The van der Waals surface area contributed by atoms with Gasteiger partial charge in [0.2, 0.25) is 0 Å². The van der Waals surface area contributed by atoms with Crippen LogP contribution in [-0.4, -0.2) is 62.6 Å². The molecule has 33 heavy (non-hydrogen) atoms. The molecule has 1 amide bonds. The fraction of sp³-hybridized carbons (Fsp3) is 0.455. The van der Waals surface area contributed by atoms with Crippen LogP contribution >= 0.6 is 0 Å². The first-order valence-electron chi connectivity index (χ1n) is 11.1. The predicted molar refractivity (Wildman–Crippen MR) is 122 cm³/mol. The third kappa shape index (κ3) is 3.72. The Balaban J connectivity index is 1.46. The molecule has 0 aromatic carbocycles. The number of nitrogens with zero attached hydrogens (tertiary/aromatic N) is 4. The van der Waals surface area contributed by atoms with E-state index < -0.39 is 6.10 Å². The third-order valence-electron chi connectivity index (χ3n) is 6.60. The van der Waals surface area contributed by atoms with Crippen molar-refractivity contribution in [3.63, 3.8) is 0 Å². The van der Waals surface area contributed by atoms with Gasteiger partial charge in [-0.3, -0.25) is 9.59 Å². The number of carbonyl (C=O) groups excluding carboxylic acids is 1. The molecule has 0 bridgehead atoms. The lowest BCUT2D eigenvalue weighted by atomic mass is 9.89. The Morgan fingerprint density at radius 1 is 1.27 bits per heavy atom. The molecule has 174 valence electrons. The Labute approximate surface area is 189 Å². The highest BCUT2D eigenvalue weighted by Crippen LogP contribution is 2.31. The van der Waals surface area contributed by atoms with Gasteiger partial charge in [-0.15, -0.1) is 0 Å². The van der Waals surface area contributed by atoms with Crippen LogP contribution in [0.4, 0.5) is 17.3 Å². The molecule has 11 heteroatoms. The van der Waals surface area contributed by atoms with Gasteiger partial charge in [0, 0.05) is 26.4 Å². The Morgan fingerprint density at radius 2 is 2.12 bits per heavy atom. The standard InChI is InChI=1S/C22H27N7O4/c1-23-19-10-18(25-14-4-3-9-28(22(14)32)15-6-7-16(15)30)27-20-12(11-24-29(19)20)21(31)26-13-5-8-17(13)33-2/h3-4,9-11,13,15-17,23,30H,5-8H2,1-2H3,(H,25,27)(H,26,31)/t13-,15+,16-,17-/m1/s1. The van der Waals surface area contributed by atoms with Crippen molar-refractivity contribution in [2.45, 2.75) is 50.0 Å². The molecule has 3 heterocycles. The second kappa shape index (κ2) is 8.49. The summed E-state index contributed by atoms with van der Waals surface area (Å²) >= 11 is 0. The van der Waals surface area contributed by atoms with E-state index in [4.69, 9.17) is 4.74 Å². The van der Waals surface area contributed by atoms with E-state index in [1.54, 1.807) is 47.6 Å². The summed E-state index contributed by atoms with van der Waals surface area (Å²) in [6.07, 6.45) is 5.90. The molecular weight excluding hydrogens is 426 g/mol. The topological polar surface area (TPSA) is 135 Å². The highest BCUT2D eigenvalue weighted by molar-refractivity contribution is 6.00. The molecule has 4 N–H and O–H groups in total. The molecule has 11 nitrogen and oxygen atoms in total. The SMILES string of the molecule is CNc1cc(Nc2cccn([C@H]3CC[C@H]3O)c2=O)nc2c(C(=O)N[C@@H]3CC[C@H]3OC)cnn12. The van der Waals surface area contributed by atoms with Crippen LogP contribution in [0.2, 0.25) is 0 Å². The number of aliphatic hydroxyl groups is 1. The van der Waals surface area contributed by atoms with Gasteiger partial charge in [-0.2, -0.15) is 9.61 Å². The summed E-state index contributed by atoms with van der Waals surface area (Å²) in [6, 6.07) is 4.89. The maximum atomic E-state index is 13.0. The highest BCUT2D eigenvalue weighted by Gasteiger charge is 2.33. The zero-order chi connectivity index (χ0) is 23.1. The van der Waals surface area contributed by atoms with Crippen LogP contribution < -0.4 is 21.5 Å². The van der Waals surface area contributed by atoms with Crippen molar-refractivity contribution in [1.82, 2.24) is 24.5 Å². The number of methoxy groups -OCH3 is 1. The first-order valence-corrected chi connectivity index (χ1v) is 11.1. The van der Waals surface area contributed by atoms with Gasteiger partial charge in [-0.1, -0.05) is 0 Å². The molecule has 3 aromatic rings. The molecule has 2 aliphatic rings. The fourth-order valence-electron chi connectivity index (χ4n) is 4.32. The third-order valence-corrected chi connectivity index (χ3v) is 6.60. The van der Waals surface area contributed by atoms with E-state index in [1.807, 2.05) is 0 Å². The molecule has 0 radical (unpaired) electrons. The minimum Gasteiger partial charge on any atom is -0.391 e. The van der Waals surface area contributed by atoms with Gasteiger partial charge in [-0.25, -0.2) is 4.98 Å². The Morgan fingerprint density at radius 3 is 2.76 bits per heavy atom. The first kappa shape index (κ1) is 21.4. The van der Waals surface area contributed by atoms with Crippen molar-refractivity contribution in [3.05, 3.63) is 46.5 Å². The molecule has 2 aliphatic carbocycles. The van der Waals surface area contributed by atoms with Crippen LogP contribution in [-0.2, 0) is 4.74 Å². The lowest BCUT2D eigenvalue weighted by molar-refractivity contribution is 0.00732. The Hall–Kier alpha value is -3.44. The zero-order valence-electron chi connectivity index (χ0n) is 18.5. The van der Waals surface area contributed by atoms with Crippen molar-refractivity contribution in [3.8, 4) is 0 Å².